The number of nitrogens with zero attached hydrogens (tertiary/aromatic N) is 1. The van der Waals surface area contributed by atoms with Crippen molar-refractivity contribution in [2.45, 2.75) is 39.2 Å². The molecule has 2 fully saturated rings. The molecule has 0 aromatic rings. The summed E-state index contributed by atoms with van der Waals surface area (Å²) in [5.41, 5.74) is 0.607. The van der Waals surface area contributed by atoms with Crippen molar-refractivity contribution in [3.05, 3.63) is 0 Å². The summed E-state index contributed by atoms with van der Waals surface area (Å²) in [4.78, 5) is 2.69. The number of nitrogens with one attached hydrogen (secondary N) is 1. The summed E-state index contributed by atoms with van der Waals surface area (Å²) in [6.45, 7) is 9.74. The van der Waals surface area contributed by atoms with Gasteiger partial charge >= 0.3 is 0 Å². The van der Waals surface area contributed by atoms with Crippen LogP contribution in [0.5, 0.6) is 0 Å². The molecule has 2 heteroatoms. The summed E-state index contributed by atoms with van der Waals surface area (Å²) in [7, 11) is 0. The molecule has 0 radical (unpaired) electrons. The van der Waals surface area contributed by atoms with Gasteiger partial charge in [-0.2, -0.15) is 0 Å². The van der Waals surface area contributed by atoms with Gasteiger partial charge in [-0.1, -0.05) is 13.8 Å². The maximum absolute atomic E-state index is 3.42. The van der Waals surface area contributed by atoms with E-state index in [1.807, 2.05) is 0 Å². The fraction of sp³-hybridized carbons (Fsp3) is 1.00. The molecule has 1 aliphatic carbocycles. The van der Waals surface area contributed by atoms with Gasteiger partial charge in [0, 0.05) is 32.2 Å². The van der Waals surface area contributed by atoms with Gasteiger partial charge in [0.15, 0.2) is 0 Å². The molecule has 1 heterocycles. The van der Waals surface area contributed by atoms with Crippen LogP contribution in [0.4, 0.5) is 0 Å². The van der Waals surface area contributed by atoms with Crippen molar-refractivity contribution in [3.63, 3.8) is 0 Å². The van der Waals surface area contributed by atoms with Gasteiger partial charge in [-0.15, -0.1) is 0 Å². The minimum absolute atomic E-state index is 0.607. The molecule has 1 aliphatic heterocycles. The fourth-order valence-electron chi connectivity index (χ4n) is 2.76. The zero-order valence-electron chi connectivity index (χ0n) is 8.97. The molecule has 0 bridgehead atoms. The van der Waals surface area contributed by atoms with E-state index in [1.165, 1.54) is 45.4 Å². The van der Waals surface area contributed by atoms with Crippen LogP contribution in [-0.4, -0.2) is 37.1 Å². The Kier molecular flexibility index (Phi) is 2.61. The summed E-state index contributed by atoms with van der Waals surface area (Å²) in [6, 6.07) is 0.886. The van der Waals surface area contributed by atoms with Gasteiger partial charge < -0.3 is 5.32 Å². The predicted octanol–water partition coefficient (Wildman–Crippen LogP) is 1.47. The van der Waals surface area contributed by atoms with Crippen molar-refractivity contribution in [2.24, 2.45) is 5.41 Å². The Morgan fingerprint density at radius 1 is 1.23 bits per heavy atom. The van der Waals surface area contributed by atoms with Crippen molar-refractivity contribution in [3.8, 4) is 0 Å². The SMILES string of the molecule is CC1(C)CCC(N2CCNCC2)C1. The van der Waals surface area contributed by atoms with Crippen LogP contribution in [0.1, 0.15) is 33.1 Å². The highest BCUT2D eigenvalue weighted by molar-refractivity contribution is 4.89. The van der Waals surface area contributed by atoms with E-state index in [-0.39, 0.29) is 0 Å². The second-order valence-electron chi connectivity index (χ2n) is 5.35. The Balaban J connectivity index is 1.87. The lowest BCUT2D eigenvalue weighted by Gasteiger charge is -2.33. The van der Waals surface area contributed by atoms with E-state index in [2.05, 4.69) is 24.1 Å². The monoisotopic (exact) mass is 182 g/mol. The summed E-state index contributed by atoms with van der Waals surface area (Å²) in [5.74, 6) is 0. The first-order valence-electron chi connectivity index (χ1n) is 5.62. The minimum Gasteiger partial charge on any atom is -0.314 e. The molecule has 0 spiro atoms. The van der Waals surface area contributed by atoms with E-state index in [0.717, 1.165) is 6.04 Å². The molecule has 1 N–H and O–H groups in total. The molecule has 76 valence electrons. The third-order valence-corrected chi connectivity index (χ3v) is 3.61. The molecule has 2 aliphatic rings. The molecule has 1 saturated carbocycles. The van der Waals surface area contributed by atoms with Crippen LogP contribution in [0.2, 0.25) is 0 Å². The van der Waals surface area contributed by atoms with Gasteiger partial charge in [-0.3, -0.25) is 4.90 Å². The average molecular weight is 182 g/mol. The standard InChI is InChI=1S/C11H22N2/c1-11(2)4-3-10(9-11)13-7-5-12-6-8-13/h10,12H,3-9H2,1-2H3. The Morgan fingerprint density at radius 3 is 2.46 bits per heavy atom. The highest BCUT2D eigenvalue weighted by atomic mass is 15.2. The van der Waals surface area contributed by atoms with Crippen LogP contribution in [0.15, 0.2) is 0 Å². The Morgan fingerprint density at radius 2 is 1.92 bits per heavy atom. The van der Waals surface area contributed by atoms with E-state index >= 15 is 0 Å². The number of hydrogen-bond acceptors (Lipinski definition) is 2. The smallest absolute Gasteiger partial charge is 0.0110 e. The van der Waals surface area contributed by atoms with Gasteiger partial charge in [0.1, 0.15) is 0 Å². The molecule has 2 rings (SSSR count). The molecule has 2 nitrogen and oxygen atoms in total. The molecule has 13 heavy (non-hydrogen) atoms. The van der Waals surface area contributed by atoms with E-state index < -0.39 is 0 Å². The van der Waals surface area contributed by atoms with Gasteiger partial charge in [-0.05, 0) is 24.7 Å². The molecule has 1 unspecified atom stereocenters. The molecule has 0 amide bonds. The summed E-state index contributed by atoms with van der Waals surface area (Å²) >= 11 is 0. The van der Waals surface area contributed by atoms with Gasteiger partial charge in [0.25, 0.3) is 0 Å². The molecular formula is C11H22N2. The van der Waals surface area contributed by atoms with E-state index in [0.29, 0.717) is 5.41 Å². The Bertz CT molecular complexity index is 171. The lowest BCUT2D eigenvalue weighted by molar-refractivity contribution is 0.165. The quantitative estimate of drug-likeness (QED) is 0.660. The van der Waals surface area contributed by atoms with Crippen molar-refractivity contribution >= 4 is 0 Å². The van der Waals surface area contributed by atoms with E-state index in [1.54, 1.807) is 0 Å². The van der Waals surface area contributed by atoms with Crippen LogP contribution in [0, 0.1) is 5.41 Å². The minimum atomic E-state index is 0.607. The molecule has 1 atom stereocenters. The van der Waals surface area contributed by atoms with Crippen LogP contribution < -0.4 is 5.32 Å². The highest BCUT2D eigenvalue weighted by Gasteiger charge is 2.34. The fourth-order valence-corrected chi connectivity index (χ4v) is 2.76. The van der Waals surface area contributed by atoms with Crippen molar-refractivity contribution in [2.75, 3.05) is 26.2 Å². The zero-order chi connectivity index (χ0) is 9.31. The Labute approximate surface area is 81.7 Å². The van der Waals surface area contributed by atoms with Gasteiger partial charge in [-0.25, -0.2) is 0 Å². The normalized spacial score (nSPS) is 35.1. The van der Waals surface area contributed by atoms with Crippen LogP contribution in [-0.2, 0) is 0 Å². The topological polar surface area (TPSA) is 15.3 Å². The second-order valence-corrected chi connectivity index (χ2v) is 5.35. The third-order valence-electron chi connectivity index (χ3n) is 3.61. The maximum atomic E-state index is 3.42. The van der Waals surface area contributed by atoms with Gasteiger partial charge in [0.05, 0.1) is 0 Å². The van der Waals surface area contributed by atoms with Crippen molar-refractivity contribution in [1.82, 2.24) is 10.2 Å². The molecule has 1 saturated heterocycles. The van der Waals surface area contributed by atoms with Crippen molar-refractivity contribution < 1.29 is 0 Å². The zero-order valence-corrected chi connectivity index (χ0v) is 8.97. The largest absolute Gasteiger partial charge is 0.314 e. The first-order valence-corrected chi connectivity index (χ1v) is 5.62. The molecular weight excluding hydrogens is 160 g/mol. The van der Waals surface area contributed by atoms with E-state index in [4.69, 9.17) is 0 Å². The number of rotatable bonds is 1. The number of hydrogen-bond donors (Lipinski definition) is 1. The summed E-state index contributed by atoms with van der Waals surface area (Å²) in [5, 5.41) is 3.42. The highest BCUT2D eigenvalue weighted by Crippen LogP contribution is 2.39. The molecule has 0 aromatic heterocycles. The Hall–Kier alpha value is -0.0800. The van der Waals surface area contributed by atoms with Gasteiger partial charge in [0.2, 0.25) is 0 Å². The maximum Gasteiger partial charge on any atom is 0.0110 e. The summed E-state index contributed by atoms with van der Waals surface area (Å²) < 4.78 is 0. The van der Waals surface area contributed by atoms with Crippen LogP contribution >= 0.6 is 0 Å². The lowest BCUT2D eigenvalue weighted by Crippen LogP contribution is -2.47. The van der Waals surface area contributed by atoms with Crippen LogP contribution in [0.3, 0.4) is 0 Å². The summed E-state index contributed by atoms with van der Waals surface area (Å²) in [6.07, 6.45) is 4.25. The molecule has 0 aromatic carbocycles. The average Bonchev–Trinajstić information content (AvgIpc) is 2.48. The third kappa shape index (κ3) is 2.23. The predicted molar refractivity (Wildman–Crippen MR) is 55.9 cm³/mol. The van der Waals surface area contributed by atoms with E-state index in [9.17, 15) is 0 Å². The number of piperazine rings is 1. The van der Waals surface area contributed by atoms with Crippen molar-refractivity contribution in [1.29, 1.82) is 0 Å². The lowest BCUT2D eigenvalue weighted by atomic mass is 9.91. The second kappa shape index (κ2) is 3.58. The first-order chi connectivity index (χ1) is 6.17. The first kappa shape index (κ1) is 9.47. The van der Waals surface area contributed by atoms with Crippen LogP contribution in [0.25, 0.3) is 0 Å².